The average Bonchev–Trinajstić information content (AvgIpc) is 3.30. The lowest BCUT2D eigenvalue weighted by Crippen LogP contribution is -2.32. The Labute approximate surface area is 229 Å². The lowest BCUT2D eigenvalue weighted by atomic mass is 9.78. The Morgan fingerprint density at radius 1 is 0.795 bits per heavy atom. The highest BCUT2D eigenvalue weighted by atomic mass is 19.1. The molecule has 1 aliphatic rings. The molecular formula is C32H33BFNO4. The van der Waals surface area contributed by atoms with Gasteiger partial charge in [-0.2, -0.15) is 0 Å². The van der Waals surface area contributed by atoms with Crippen LogP contribution in [0.4, 0.5) is 4.39 Å². The van der Waals surface area contributed by atoms with Crippen molar-refractivity contribution in [3.8, 4) is 5.75 Å². The molecule has 5 rings (SSSR count). The molecule has 0 bridgehead atoms. The molecule has 5 nitrogen and oxygen atoms in total. The number of halogens is 1. The normalized spacial score (nSPS) is 15.4. The van der Waals surface area contributed by atoms with E-state index in [0.717, 1.165) is 24.2 Å². The summed E-state index contributed by atoms with van der Waals surface area (Å²) in [6.07, 6.45) is -1.05. The Morgan fingerprint density at radius 2 is 1.38 bits per heavy atom. The maximum absolute atomic E-state index is 13.7. The van der Waals surface area contributed by atoms with Crippen LogP contribution in [0.15, 0.2) is 109 Å². The van der Waals surface area contributed by atoms with E-state index in [1.54, 1.807) is 6.07 Å². The maximum Gasteiger partial charge on any atom is 0.495 e. The molecule has 0 saturated carbocycles. The van der Waals surface area contributed by atoms with E-state index >= 15 is 0 Å². The van der Waals surface area contributed by atoms with Crippen molar-refractivity contribution in [2.24, 2.45) is 0 Å². The number of nitrogens with zero attached hydrogens (tertiary/aromatic N) is 1. The van der Waals surface area contributed by atoms with Gasteiger partial charge < -0.3 is 19.2 Å². The molecule has 0 fully saturated rings. The molecule has 0 aromatic heterocycles. The summed E-state index contributed by atoms with van der Waals surface area (Å²) in [5.74, 6) is 0.488. The molecule has 7 heteroatoms. The van der Waals surface area contributed by atoms with Crippen LogP contribution in [0.3, 0.4) is 0 Å². The second-order valence-corrected chi connectivity index (χ2v) is 9.76. The number of ether oxygens (including phenoxy) is 2. The molecule has 0 unspecified atom stereocenters. The number of hydrogen-bond donors (Lipinski definition) is 1. The highest BCUT2D eigenvalue weighted by molar-refractivity contribution is 6.62. The van der Waals surface area contributed by atoms with E-state index < -0.39 is 19.9 Å². The zero-order valence-corrected chi connectivity index (χ0v) is 21.9. The third-order valence-corrected chi connectivity index (χ3v) is 6.83. The number of rotatable bonds is 13. The van der Waals surface area contributed by atoms with E-state index in [4.69, 9.17) is 14.1 Å². The van der Waals surface area contributed by atoms with E-state index in [9.17, 15) is 9.41 Å². The van der Waals surface area contributed by atoms with Gasteiger partial charge >= 0.3 is 7.12 Å². The number of fused-ring (bicyclic) bond motifs is 1. The highest BCUT2D eigenvalue weighted by Gasteiger charge is 2.38. The van der Waals surface area contributed by atoms with Gasteiger partial charge in [0.15, 0.2) is 0 Å². The van der Waals surface area contributed by atoms with Crippen LogP contribution in [-0.2, 0) is 29.1 Å². The lowest BCUT2D eigenvalue weighted by Gasteiger charge is -2.26. The molecule has 39 heavy (non-hydrogen) atoms. The third-order valence-electron chi connectivity index (χ3n) is 6.83. The third kappa shape index (κ3) is 7.34. The summed E-state index contributed by atoms with van der Waals surface area (Å²) in [5, 5.41) is 10.9. The molecule has 0 amide bonds. The van der Waals surface area contributed by atoms with E-state index in [0.29, 0.717) is 24.4 Å². The van der Waals surface area contributed by atoms with Gasteiger partial charge in [0.05, 0.1) is 12.7 Å². The van der Waals surface area contributed by atoms with Gasteiger partial charge in [0.2, 0.25) is 0 Å². The molecule has 200 valence electrons. The summed E-state index contributed by atoms with van der Waals surface area (Å²) in [6.45, 7) is 1.74. The van der Waals surface area contributed by atoms with Gasteiger partial charge in [-0.3, -0.25) is 4.90 Å². The summed E-state index contributed by atoms with van der Waals surface area (Å²) in [6, 6.07) is 35.9. The van der Waals surface area contributed by atoms with Gasteiger partial charge in [-0.25, -0.2) is 4.39 Å². The first-order chi connectivity index (χ1) is 19.2. The van der Waals surface area contributed by atoms with Crippen LogP contribution in [0.25, 0.3) is 0 Å². The largest absolute Gasteiger partial charge is 0.495 e. The first-order valence-corrected chi connectivity index (χ1v) is 13.3. The maximum atomic E-state index is 13.7. The predicted octanol–water partition coefficient (Wildman–Crippen LogP) is 5.08. The van der Waals surface area contributed by atoms with Crippen LogP contribution in [0.2, 0.25) is 0 Å². The molecule has 0 aliphatic carbocycles. The fourth-order valence-corrected chi connectivity index (χ4v) is 4.88. The van der Waals surface area contributed by atoms with Crippen LogP contribution in [0, 0.1) is 0 Å². The lowest BCUT2D eigenvalue weighted by molar-refractivity contribution is -0.00418. The quantitative estimate of drug-likeness (QED) is 0.247. The van der Waals surface area contributed by atoms with Crippen molar-refractivity contribution in [1.29, 1.82) is 0 Å². The van der Waals surface area contributed by atoms with E-state index in [1.165, 1.54) is 11.1 Å². The summed E-state index contributed by atoms with van der Waals surface area (Å²) < 4.78 is 31.5. The van der Waals surface area contributed by atoms with Gasteiger partial charge in [0.25, 0.3) is 0 Å². The van der Waals surface area contributed by atoms with Gasteiger partial charge in [-0.05, 0) is 28.3 Å². The minimum absolute atomic E-state index is 0.0330. The van der Waals surface area contributed by atoms with E-state index in [1.807, 2.05) is 78.9 Å². The summed E-state index contributed by atoms with van der Waals surface area (Å²) in [5.41, 5.74) is 4.86. The molecule has 0 radical (unpaired) electrons. The monoisotopic (exact) mass is 525 g/mol. The fourth-order valence-electron chi connectivity index (χ4n) is 4.88. The molecule has 4 aromatic carbocycles. The molecule has 4 aromatic rings. The minimum Gasteiger partial charge on any atom is -0.491 e. The Kier molecular flexibility index (Phi) is 9.41. The molecule has 0 spiro atoms. The van der Waals surface area contributed by atoms with Crippen molar-refractivity contribution < 1.29 is 23.5 Å². The fraction of sp³-hybridized carbons (Fsp3) is 0.250. The van der Waals surface area contributed by atoms with Crippen LogP contribution < -0.4 is 10.2 Å². The molecule has 1 aliphatic heterocycles. The van der Waals surface area contributed by atoms with Crippen molar-refractivity contribution in [3.63, 3.8) is 0 Å². The zero-order valence-electron chi connectivity index (χ0n) is 21.9. The predicted molar refractivity (Wildman–Crippen MR) is 151 cm³/mol. The minimum atomic E-state index is -1.12. The van der Waals surface area contributed by atoms with Crippen LogP contribution >= 0.6 is 0 Å². The van der Waals surface area contributed by atoms with Gasteiger partial charge in [-0.1, -0.05) is 103 Å². The van der Waals surface area contributed by atoms with Crippen LogP contribution in [0.5, 0.6) is 5.75 Å². The van der Waals surface area contributed by atoms with Gasteiger partial charge in [-0.15, -0.1) is 0 Å². The first kappa shape index (κ1) is 27.1. The highest BCUT2D eigenvalue weighted by Crippen LogP contribution is 2.29. The smallest absolute Gasteiger partial charge is 0.491 e. The zero-order chi connectivity index (χ0) is 26.9. The van der Waals surface area contributed by atoms with E-state index in [-0.39, 0.29) is 12.7 Å². The topological polar surface area (TPSA) is 51.2 Å². The van der Waals surface area contributed by atoms with Crippen molar-refractivity contribution >= 4 is 12.6 Å². The molecule has 0 saturated heterocycles. The Morgan fingerprint density at radius 3 is 1.97 bits per heavy atom. The standard InChI is InChI=1S/C32H33BFNO4/c34-19-28(37-23-27-15-8-3-9-16-27)24-38-30-18-10-17-29-31(39-33(36)32(29)30)22-35(20-25-11-4-1-5-12-25)21-26-13-6-2-7-14-26/h1-18,28,31,36H,19-24H2/t28-,31-/m1/s1. The number of hydrogen-bond acceptors (Lipinski definition) is 5. The first-order valence-electron chi connectivity index (χ1n) is 13.3. The number of alkyl halides is 1. The molecule has 1 N–H and O–H groups in total. The Bertz CT molecular complexity index is 1250. The van der Waals surface area contributed by atoms with Crippen molar-refractivity contribution in [2.75, 3.05) is 19.8 Å². The van der Waals surface area contributed by atoms with Crippen molar-refractivity contribution in [1.82, 2.24) is 4.90 Å². The second-order valence-electron chi connectivity index (χ2n) is 9.76. The molecule has 2 atom stereocenters. The Hall–Kier alpha value is -3.49. The van der Waals surface area contributed by atoms with E-state index in [2.05, 4.69) is 29.2 Å². The Balaban J connectivity index is 1.27. The average molecular weight is 525 g/mol. The molecular weight excluding hydrogens is 492 g/mol. The summed E-state index contributed by atoms with van der Waals surface area (Å²) in [7, 11) is -1.12. The second kappa shape index (κ2) is 13.5. The summed E-state index contributed by atoms with van der Waals surface area (Å²) >= 11 is 0. The molecule has 1 heterocycles. The van der Waals surface area contributed by atoms with Crippen LogP contribution in [-0.4, -0.2) is 43.0 Å². The van der Waals surface area contributed by atoms with Gasteiger partial charge in [0.1, 0.15) is 25.1 Å². The van der Waals surface area contributed by atoms with Gasteiger partial charge in [0, 0.05) is 25.1 Å². The van der Waals surface area contributed by atoms with Crippen molar-refractivity contribution in [3.05, 3.63) is 131 Å². The SMILES string of the molecule is OB1O[C@H](CN(Cc2ccccc2)Cc2ccccc2)c2cccc(OC[C@@H](CF)OCc3ccccc3)c21. The summed E-state index contributed by atoms with van der Waals surface area (Å²) in [4.78, 5) is 2.32. The van der Waals surface area contributed by atoms with Crippen LogP contribution in [0.1, 0.15) is 28.4 Å². The number of benzene rings is 4. The van der Waals surface area contributed by atoms with Crippen molar-refractivity contribution in [2.45, 2.75) is 31.9 Å².